The van der Waals surface area contributed by atoms with Crippen molar-refractivity contribution in [3.8, 4) is 0 Å². The smallest absolute Gasteiger partial charge is 0.311 e. The van der Waals surface area contributed by atoms with Crippen LogP contribution in [0.15, 0.2) is 12.2 Å². The van der Waals surface area contributed by atoms with Crippen molar-refractivity contribution in [1.82, 2.24) is 0 Å². The van der Waals surface area contributed by atoms with Gasteiger partial charge in [0, 0.05) is 0 Å². The summed E-state index contributed by atoms with van der Waals surface area (Å²) < 4.78 is 5.36. The number of hydrogen-bond donors (Lipinski definition) is 1. The molecule has 3 nitrogen and oxygen atoms in total. The van der Waals surface area contributed by atoms with Crippen molar-refractivity contribution in [1.29, 1.82) is 0 Å². The highest BCUT2D eigenvalue weighted by Gasteiger charge is 2.24. The first-order valence-electron chi connectivity index (χ1n) is 7.33. The number of carbonyl (C=O) groups is 1. The average Bonchev–Trinajstić information content (AvgIpc) is 2.28. The number of carbonyl (C=O) groups excluding carboxylic acids is 1. The molecule has 1 N–H and O–H groups in total. The van der Waals surface area contributed by atoms with E-state index in [0.717, 1.165) is 32.1 Å². The predicted molar refractivity (Wildman–Crippen MR) is 78.9 cm³/mol. The number of rotatable bonds is 8. The lowest BCUT2D eigenvalue weighted by molar-refractivity contribution is -0.158. The van der Waals surface area contributed by atoms with Crippen LogP contribution in [0.3, 0.4) is 0 Å². The molecule has 19 heavy (non-hydrogen) atoms. The molecule has 0 radical (unpaired) electrons. The molecule has 0 aromatic carbocycles. The highest BCUT2D eigenvalue weighted by molar-refractivity contribution is 5.75. The fourth-order valence-corrected chi connectivity index (χ4v) is 1.55. The van der Waals surface area contributed by atoms with Gasteiger partial charge in [0.2, 0.25) is 0 Å². The van der Waals surface area contributed by atoms with Gasteiger partial charge in [-0.2, -0.15) is 0 Å². The summed E-state index contributed by atoms with van der Waals surface area (Å²) >= 11 is 0. The zero-order valence-electron chi connectivity index (χ0n) is 13.1. The van der Waals surface area contributed by atoms with E-state index in [1.54, 1.807) is 0 Å². The Balaban J connectivity index is 3.80. The van der Waals surface area contributed by atoms with Crippen LogP contribution in [-0.4, -0.2) is 23.3 Å². The van der Waals surface area contributed by atoms with E-state index < -0.39 is 5.41 Å². The summed E-state index contributed by atoms with van der Waals surface area (Å²) in [5.41, 5.74) is -0.448. The van der Waals surface area contributed by atoms with Crippen molar-refractivity contribution >= 4 is 5.97 Å². The third kappa shape index (κ3) is 9.71. The average molecular weight is 270 g/mol. The summed E-state index contributed by atoms with van der Waals surface area (Å²) in [5, 5.41) is 9.71. The number of unbranched alkanes of at least 4 members (excludes halogenated alkanes) is 1. The summed E-state index contributed by atoms with van der Waals surface area (Å²) in [4.78, 5) is 11.7. The lowest BCUT2D eigenvalue weighted by atomic mass is 9.97. The summed E-state index contributed by atoms with van der Waals surface area (Å²) in [6, 6.07) is 0. The second-order valence-electron chi connectivity index (χ2n) is 6.18. The fraction of sp³-hybridized carbons (Fsp3) is 0.812. The number of allylic oxidation sites excluding steroid dienone is 1. The van der Waals surface area contributed by atoms with Crippen LogP contribution in [0.25, 0.3) is 0 Å². The van der Waals surface area contributed by atoms with Gasteiger partial charge in [-0.15, -0.1) is 0 Å². The maximum atomic E-state index is 11.7. The number of hydrogen-bond acceptors (Lipinski definition) is 3. The zero-order valence-corrected chi connectivity index (χ0v) is 13.1. The second kappa shape index (κ2) is 9.13. The predicted octanol–water partition coefficient (Wildman–Crippen LogP) is 3.85. The van der Waals surface area contributed by atoms with Crippen LogP contribution in [0.4, 0.5) is 0 Å². The fourth-order valence-electron chi connectivity index (χ4n) is 1.55. The molecule has 0 aliphatic rings. The molecule has 0 fully saturated rings. The molecule has 0 aliphatic carbocycles. The molecule has 1 unspecified atom stereocenters. The van der Waals surface area contributed by atoms with E-state index in [1.165, 1.54) is 0 Å². The standard InChI is InChI=1S/C16H30O3/c1-6-7-8-11-14(17)12-9-10-13(2)19-15(18)16(3,4)5/h8,11,13-14,17H,6-7,9-10,12H2,1-5H3/b11-8+/t13?,14-/m1/s1. The third-order valence-corrected chi connectivity index (χ3v) is 2.84. The van der Waals surface area contributed by atoms with Crippen LogP contribution in [0.1, 0.15) is 66.7 Å². The van der Waals surface area contributed by atoms with Gasteiger partial charge in [0.1, 0.15) is 0 Å². The van der Waals surface area contributed by atoms with Crippen molar-refractivity contribution < 1.29 is 14.6 Å². The van der Waals surface area contributed by atoms with Gasteiger partial charge < -0.3 is 9.84 Å². The third-order valence-electron chi connectivity index (χ3n) is 2.84. The summed E-state index contributed by atoms with van der Waals surface area (Å²) in [5.74, 6) is -0.164. The van der Waals surface area contributed by atoms with E-state index in [9.17, 15) is 9.90 Å². The van der Waals surface area contributed by atoms with Gasteiger partial charge in [0.25, 0.3) is 0 Å². The van der Waals surface area contributed by atoms with E-state index in [2.05, 4.69) is 6.92 Å². The number of aliphatic hydroxyl groups is 1. The van der Waals surface area contributed by atoms with Crippen molar-refractivity contribution in [3.63, 3.8) is 0 Å². The Morgan fingerprint density at radius 3 is 2.47 bits per heavy atom. The maximum absolute atomic E-state index is 11.7. The molecular formula is C16H30O3. The van der Waals surface area contributed by atoms with Crippen LogP contribution in [-0.2, 0) is 9.53 Å². The Hall–Kier alpha value is -0.830. The summed E-state index contributed by atoms with van der Waals surface area (Å²) in [6.45, 7) is 9.57. The molecule has 0 saturated heterocycles. The van der Waals surface area contributed by atoms with E-state index in [1.807, 2.05) is 39.8 Å². The van der Waals surface area contributed by atoms with Gasteiger partial charge in [-0.3, -0.25) is 4.79 Å². The molecular weight excluding hydrogens is 240 g/mol. The van der Waals surface area contributed by atoms with Gasteiger partial charge in [0.15, 0.2) is 0 Å². The van der Waals surface area contributed by atoms with Gasteiger partial charge in [-0.05, 0) is 53.4 Å². The first-order valence-corrected chi connectivity index (χ1v) is 7.33. The highest BCUT2D eigenvalue weighted by Crippen LogP contribution is 2.18. The first-order chi connectivity index (χ1) is 8.77. The molecule has 0 bridgehead atoms. The van der Waals surface area contributed by atoms with Crippen LogP contribution in [0, 0.1) is 5.41 Å². The van der Waals surface area contributed by atoms with E-state index in [-0.39, 0.29) is 18.2 Å². The number of ether oxygens (including phenoxy) is 1. The summed E-state index contributed by atoms with van der Waals surface area (Å²) in [7, 11) is 0. The molecule has 3 heteroatoms. The number of aliphatic hydroxyl groups excluding tert-OH is 1. The Morgan fingerprint density at radius 1 is 1.32 bits per heavy atom. The van der Waals surface area contributed by atoms with Crippen molar-refractivity contribution in [2.75, 3.05) is 0 Å². The Morgan fingerprint density at radius 2 is 1.95 bits per heavy atom. The first kappa shape index (κ1) is 18.2. The van der Waals surface area contributed by atoms with E-state index in [4.69, 9.17) is 4.74 Å². The van der Waals surface area contributed by atoms with Gasteiger partial charge in [-0.1, -0.05) is 25.5 Å². The minimum Gasteiger partial charge on any atom is -0.462 e. The maximum Gasteiger partial charge on any atom is 0.311 e. The molecule has 0 heterocycles. The van der Waals surface area contributed by atoms with Crippen LogP contribution in [0.5, 0.6) is 0 Å². The lowest BCUT2D eigenvalue weighted by Gasteiger charge is -2.21. The number of esters is 1. The zero-order chi connectivity index (χ0) is 14.9. The summed E-state index contributed by atoms with van der Waals surface area (Å²) in [6.07, 6.45) is 7.90. The molecule has 0 aliphatic heterocycles. The SMILES string of the molecule is CCC/C=C/[C@@H](O)CCCC(C)OC(=O)C(C)(C)C. The molecule has 0 aromatic rings. The van der Waals surface area contributed by atoms with Crippen molar-refractivity contribution in [3.05, 3.63) is 12.2 Å². The molecule has 0 spiro atoms. The minimum absolute atomic E-state index is 0.0847. The second-order valence-corrected chi connectivity index (χ2v) is 6.18. The molecule has 112 valence electrons. The minimum atomic E-state index is -0.448. The highest BCUT2D eigenvalue weighted by atomic mass is 16.5. The quantitative estimate of drug-likeness (QED) is 0.538. The lowest BCUT2D eigenvalue weighted by Crippen LogP contribution is -2.27. The Labute approximate surface area is 118 Å². The molecule has 0 saturated carbocycles. The normalized spacial score (nSPS) is 15.5. The molecule has 0 amide bonds. The van der Waals surface area contributed by atoms with Gasteiger partial charge in [0.05, 0.1) is 17.6 Å². The largest absolute Gasteiger partial charge is 0.462 e. The van der Waals surface area contributed by atoms with Crippen molar-refractivity contribution in [2.24, 2.45) is 5.41 Å². The van der Waals surface area contributed by atoms with Gasteiger partial charge >= 0.3 is 5.97 Å². The van der Waals surface area contributed by atoms with Crippen molar-refractivity contribution in [2.45, 2.75) is 78.9 Å². The van der Waals surface area contributed by atoms with Crippen LogP contribution in [0.2, 0.25) is 0 Å². The van der Waals surface area contributed by atoms with Crippen LogP contribution >= 0.6 is 0 Å². The molecule has 0 rings (SSSR count). The molecule has 2 atom stereocenters. The van der Waals surface area contributed by atoms with E-state index in [0.29, 0.717) is 0 Å². The van der Waals surface area contributed by atoms with E-state index >= 15 is 0 Å². The topological polar surface area (TPSA) is 46.5 Å². The Kier molecular flexibility index (Phi) is 8.73. The monoisotopic (exact) mass is 270 g/mol. The van der Waals surface area contributed by atoms with Gasteiger partial charge in [-0.25, -0.2) is 0 Å². The van der Waals surface area contributed by atoms with Crippen LogP contribution < -0.4 is 0 Å². The Bertz CT molecular complexity index is 276. The molecule has 0 aromatic heterocycles.